The van der Waals surface area contributed by atoms with Gasteiger partial charge in [-0.25, -0.2) is 24.3 Å². The maximum atomic E-state index is 13.5. The topological polar surface area (TPSA) is 68.8 Å². The molecule has 17 heavy (non-hydrogen) atoms. The van der Waals surface area contributed by atoms with Crippen LogP contribution in [-0.4, -0.2) is 14.8 Å². The number of pyridine rings is 1. The SMILES string of the molecule is Cc1nn(-c2nc(NN)c(F)cc2F)cc1Cl. The normalized spacial score (nSPS) is 10.6. The van der Waals surface area contributed by atoms with E-state index in [1.165, 1.54) is 6.20 Å². The Bertz CT molecular complexity index is 549. The van der Waals surface area contributed by atoms with Crippen molar-refractivity contribution in [1.82, 2.24) is 14.8 Å². The summed E-state index contributed by atoms with van der Waals surface area (Å²) in [5.41, 5.74) is 2.54. The van der Waals surface area contributed by atoms with Crippen molar-refractivity contribution in [3.63, 3.8) is 0 Å². The van der Waals surface area contributed by atoms with Gasteiger partial charge < -0.3 is 5.43 Å². The van der Waals surface area contributed by atoms with Crippen molar-refractivity contribution in [2.75, 3.05) is 5.43 Å². The number of nitrogens with two attached hydrogens (primary N) is 1. The summed E-state index contributed by atoms with van der Waals surface area (Å²) in [5.74, 6) is 2.85. The van der Waals surface area contributed by atoms with E-state index in [2.05, 4.69) is 10.1 Å². The van der Waals surface area contributed by atoms with Crippen LogP contribution in [0.3, 0.4) is 0 Å². The zero-order valence-corrected chi connectivity index (χ0v) is 9.46. The quantitative estimate of drug-likeness (QED) is 0.637. The van der Waals surface area contributed by atoms with Gasteiger partial charge in [-0.1, -0.05) is 11.6 Å². The highest BCUT2D eigenvalue weighted by Crippen LogP contribution is 2.20. The second-order valence-electron chi connectivity index (χ2n) is 3.28. The van der Waals surface area contributed by atoms with Gasteiger partial charge >= 0.3 is 0 Å². The molecule has 2 rings (SSSR count). The molecule has 8 heteroatoms. The van der Waals surface area contributed by atoms with Crippen molar-refractivity contribution >= 4 is 17.4 Å². The van der Waals surface area contributed by atoms with Crippen LogP contribution in [0.5, 0.6) is 0 Å². The van der Waals surface area contributed by atoms with Crippen LogP contribution >= 0.6 is 11.6 Å². The number of halogens is 3. The second-order valence-corrected chi connectivity index (χ2v) is 3.68. The van der Waals surface area contributed by atoms with Gasteiger partial charge in [0.2, 0.25) is 0 Å². The van der Waals surface area contributed by atoms with Crippen LogP contribution in [0.15, 0.2) is 12.3 Å². The molecule has 5 nitrogen and oxygen atoms in total. The molecule has 3 N–H and O–H groups in total. The van der Waals surface area contributed by atoms with Gasteiger partial charge in [-0.15, -0.1) is 0 Å². The Hall–Kier alpha value is -1.73. The number of rotatable bonds is 2. The first kappa shape index (κ1) is 11.7. The largest absolute Gasteiger partial charge is 0.306 e. The summed E-state index contributed by atoms with van der Waals surface area (Å²) in [4.78, 5) is 3.67. The Kier molecular flexibility index (Phi) is 2.95. The number of aromatic nitrogens is 3. The van der Waals surface area contributed by atoms with Crippen molar-refractivity contribution in [3.05, 3.63) is 34.6 Å². The van der Waals surface area contributed by atoms with Crippen LogP contribution < -0.4 is 11.3 Å². The van der Waals surface area contributed by atoms with E-state index in [1.807, 2.05) is 5.43 Å². The minimum atomic E-state index is -0.885. The van der Waals surface area contributed by atoms with Gasteiger partial charge in [0.15, 0.2) is 23.3 Å². The predicted molar refractivity (Wildman–Crippen MR) is 58.8 cm³/mol. The Labute approximate surface area is 100 Å². The molecule has 0 saturated carbocycles. The number of hydrogen-bond acceptors (Lipinski definition) is 4. The molecule has 0 spiro atoms. The fraction of sp³-hybridized carbons (Fsp3) is 0.111. The fourth-order valence-electron chi connectivity index (χ4n) is 1.27. The van der Waals surface area contributed by atoms with Gasteiger partial charge in [0.05, 0.1) is 16.9 Å². The summed E-state index contributed by atoms with van der Waals surface area (Å²) in [7, 11) is 0. The van der Waals surface area contributed by atoms with Gasteiger partial charge in [-0.2, -0.15) is 5.10 Å². The molecular weight excluding hydrogens is 252 g/mol. The minimum Gasteiger partial charge on any atom is -0.306 e. The van der Waals surface area contributed by atoms with E-state index in [1.54, 1.807) is 6.92 Å². The second kappa shape index (κ2) is 4.27. The molecule has 0 radical (unpaired) electrons. The first-order chi connectivity index (χ1) is 8.02. The van der Waals surface area contributed by atoms with Gasteiger partial charge in [0, 0.05) is 6.07 Å². The third-order valence-electron chi connectivity index (χ3n) is 2.10. The number of anilines is 1. The van der Waals surface area contributed by atoms with Crippen LogP contribution in [0.1, 0.15) is 5.69 Å². The highest BCUT2D eigenvalue weighted by molar-refractivity contribution is 6.31. The van der Waals surface area contributed by atoms with E-state index in [-0.39, 0.29) is 11.6 Å². The lowest BCUT2D eigenvalue weighted by Gasteiger charge is -2.06. The molecule has 2 aromatic heterocycles. The first-order valence-corrected chi connectivity index (χ1v) is 4.95. The van der Waals surface area contributed by atoms with E-state index in [4.69, 9.17) is 17.4 Å². The summed E-state index contributed by atoms with van der Waals surface area (Å²) >= 11 is 5.79. The summed E-state index contributed by atoms with van der Waals surface area (Å²) < 4.78 is 27.8. The molecule has 0 bridgehead atoms. The Balaban J connectivity index is 2.58. The van der Waals surface area contributed by atoms with Gasteiger partial charge in [-0.05, 0) is 6.92 Å². The molecule has 0 unspecified atom stereocenters. The third kappa shape index (κ3) is 2.06. The van der Waals surface area contributed by atoms with Crippen molar-refractivity contribution in [2.24, 2.45) is 5.84 Å². The van der Waals surface area contributed by atoms with Crippen LogP contribution in [0, 0.1) is 18.6 Å². The van der Waals surface area contributed by atoms with Crippen LogP contribution in [0.4, 0.5) is 14.6 Å². The Morgan fingerprint density at radius 1 is 1.41 bits per heavy atom. The zero-order chi connectivity index (χ0) is 12.6. The smallest absolute Gasteiger partial charge is 0.191 e. The molecule has 0 aliphatic rings. The van der Waals surface area contributed by atoms with Gasteiger partial charge in [0.25, 0.3) is 0 Å². The maximum Gasteiger partial charge on any atom is 0.191 e. The number of aryl methyl sites for hydroxylation is 1. The molecular formula is C9H8ClF2N5. The van der Waals surface area contributed by atoms with Crippen LogP contribution in [0.25, 0.3) is 5.82 Å². The summed E-state index contributed by atoms with van der Waals surface area (Å²) in [6, 6.07) is 0.669. The van der Waals surface area contributed by atoms with Gasteiger partial charge in [0.1, 0.15) is 0 Å². The summed E-state index contributed by atoms with van der Waals surface area (Å²) in [6.07, 6.45) is 1.38. The predicted octanol–water partition coefficient (Wildman–Crippen LogP) is 1.79. The highest BCUT2D eigenvalue weighted by Gasteiger charge is 2.14. The molecule has 90 valence electrons. The zero-order valence-electron chi connectivity index (χ0n) is 8.71. The average Bonchev–Trinajstić information content (AvgIpc) is 2.59. The lowest BCUT2D eigenvalue weighted by Crippen LogP contribution is -2.13. The Morgan fingerprint density at radius 3 is 2.65 bits per heavy atom. The van der Waals surface area contributed by atoms with E-state index in [9.17, 15) is 8.78 Å². The first-order valence-electron chi connectivity index (χ1n) is 4.57. The molecule has 0 atom stereocenters. The van der Waals surface area contributed by atoms with Crippen LogP contribution in [-0.2, 0) is 0 Å². The maximum absolute atomic E-state index is 13.5. The minimum absolute atomic E-state index is 0.186. The number of hydrazine groups is 1. The third-order valence-corrected chi connectivity index (χ3v) is 2.47. The van der Waals surface area contributed by atoms with Crippen LogP contribution in [0.2, 0.25) is 5.02 Å². The molecule has 2 heterocycles. The van der Waals surface area contributed by atoms with E-state index in [0.717, 1.165) is 4.68 Å². The van der Waals surface area contributed by atoms with Crippen molar-refractivity contribution < 1.29 is 8.78 Å². The molecule has 0 fully saturated rings. The molecule has 0 aliphatic heterocycles. The number of nitrogens with one attached hydrogen (secondary N) is 1. The lowest BCUT2D eigenvalue weighted by molar-refractivity contribution is 0.562. The highest BCUT2D eigenvalue weighted by atomic mass is 35.5. The summed E-state index contributed by atoms with van der Waals surface area (Å²) in [5, 5.41) is 4.30. The van der Waals surface area contributed by atoms with Crippen molar-refractivity contribution in [2.45, 2.75) is 6.92 Å². The van der Waals surface area contributed by atoms with E-state index < -0.39 is 11.6 Å². The standard InChI is InChI=1S/C9H8ClF2N5/c1-4-5(10)3-17(16-4)9-7(12)2-6(11)8(14-9)15-13/h2-3H,13H2,1H3,(H,14,15). The molecule has 2 aromatic rings. The summed E-state index contributed by atoms with van der Waals surface area (Å²) in [6.45, 7) is 1.66. The van der Waals surface area contributed by atoms with Crippen molar-refractivity contribution in [3.8, 4) is 5.82 Å². The molecule has 0 aliphatic carbocycles. The molecule has 0 amide bonds. The number of nitrogen functional groups attached to an aromatic ring is 1. The average molecular weight is 260 g/mol. The molecule has 0 saturated heterocycles. The molecule has 0 aromatic carbocycles. The van der Waals surface area contributed by atoms with Crippen molar-refractivity contribution in [1.29, 1.82) is 0 Å². The fourth-order valence-corrected chi connectivity index (χ4v) is 1.40. The monoisotopic (exact) mass is 259 g/mol. The number of hydrogen-bond donors (Lipinski definition) is 2. The van der Waals surface area contributed by atoms with Gasteiger partial charge in [-0.3, -0.25) is 0 Å². The number of nitrogens with zero attached hydrogens (tertiary/aromatic N) is 3. The van der Waals surface area contributed by atoms with E-state index in [0.29, 0.717) is 16.8 Å². The Morgan fingerprint density at radius 2 is 2.12 bits per heavy atom. The van der Waals surface area contributed by atoms with E-state index >= 15 is 0 Å². The lowest BCUT2D eigenvalue weighted by atomic mass is 10.4.